The van der Waals surface area contributed by atoms with Crippen molar-refractivity contribution in [2.75, 3.05) is 20.3 Å². The van der Waals surface area contributed by atoms with E-state index in [1.807, 2.05) is 0 Å². The van der Waals surface area contributed by atoms with Crippen LogP contribution in [0, 0.1) is 6.92 Å². The first-order valence-electron chi connectivity index (χ1n) is 3.82. The van der Waals surface area contributed by atoms with Crippen LogP contribution >= 0.6 is 0 Å². The number of nitrogens with zero attached hydrogens (tertiary/aromatic N) is 2. The number of aromatic nitrogens is 2. The summed E-state index contributed by atoms with van der Waals surface area (Å²) in [7, 11) is 1.67. The molecule has 1 aromatic heterocycles. The van der Waals surface area contributed by atoms with Gasteiger partial charge in [0.25, 0.3) is 0 Å². The van der Waals surface area contributed by atoms with Crippen LogP contribution < -0.4 is 5.32 Å². The molecule has 1 heterocycles. The average Bonchev–Trinajstić information content (AvgIpc) is 2.45. The molecule has 1 N–H and O–H groups in total. The van der Waals surface area contributed by atoms with Gasteiger partial charge in [0.2, 0.25) is 5.89 Å². The van der Waals surface area contributed by atoms with E-state index in [0.717, 1.165) is 6.54 Å². The lowest BCUT2D eigenvalue weighted by atomic mass is 10.6. The first kappa shape index (κ1) is 9.15. The number of ether oxygens (including phenoxy) is 1. The van der Waals surface area contributed by atoms with Crippen LogP contribution in [-0.2, 0) is 11.3 Å². The maximum Gasteiger partial charge on any atom is 0.240 e. The smallest absolute Gasteiger partial charge is 0.240 e. The second-order valence-corrected chi connectivity index (χ2v) is 2.40. The summed E-state index contributed by atoms with van der Waals surface area (Å²) in [6.07, 6.45) is 0. The molecule has 1 aromatic rings. The maximum atomic E-state index is 4.88. The molecule has 0 aliphatic heterocycles. The summed E-state index contributed by atoms with van der Waals surface area (Å²) >= 11 is 0. The Morgan fingerprint density at radius 2 is 2.42 bits per heavy atom. The van der Waals surface area contributed by atoms with Gasteiger partial charge in [0.05, 0.1) is 13.2 Å². The van der Waals surface area contributed by atoms with Crippen molar-refractivity contribution in [2.24, 2.45) is 0 Å². The van der Waals surface area contributed by atoms with E-state index in [0.29, 0.717) is 24.9 Å². The van der Waals surface area contributed by atoms with Crippen molar-refractivity contribution >= 4 is 0 Å². The highest BCUT2D eigenvalue weighted by Crippen LogP contribution is 1.93. The molecule has 1 rings (SSSR count). The van der Waals surface area contributed by atoms with E-state index >= 15 is 0 Å². The molecule has 0 saturated carbocycles. The molecule has 0 unspecified atom stereocenters. The number of hydrogen-bond donors (Lipinski definition) is 1. The fourth-order valence-corrected chi connectivity index (χ4v) is 0.781. The van der Waals surface area contributed by atoms with Crippen LogP contribution in [0.3, 0.4) is 0 Å². The largest absolute Gasteiger partial charge is 0.383 e. The third-order valence-corrected chi connectivity index (χ3v) is 1.33. The Bertz CT molecular complexity index is 224. The molecule has 0 radical (unpaired) electrons. The molecule has 5 nitrogen and oxygen atoms in total. The summed E-state index contributed by atoms with van der Waals surface area (Å²) in [5.74, 6) is 1.28. The van der Waals surface area contributed by atoms with Gasteiger partial charge in [0.1, 0.15) is 0 Å². The number of nitrogens with one attached hydrogen (secondary N) is 1. The molecular weight excluding hydrogens is 158 g/mol. The Hall–Kier alpha value is -0.940. The Morgan fingerprint density at radius 1 is 1.58 bits per heavy atom. The van der Waals surface area contributed by atoms with E-state index < -0.39 is 0 Å². The molecule has 0 amide bonds. The van der Waals surface area contributed by atoms with Crippen molar-refractivity contribution in [3.63, 3.8) is 0 Å². The zero-order chi connectivity index (χ0) is 8.81. The molecule has 5 heteroatoms. The summed E-state index contributed by atoms with van der Waals surface area (Å²) in [6, 6.07) is 0. The molecule has 0 spiro atoms. The quantitative estimate of drug-likeness (QED) is 0.637. The second-order valence-electron chi connectivity index (χ2n) is 2.40. The standard InChI is InChI=1S/C7H13N3O2/c1-6-9-7(12-10-6)5-8-3-4-11-2/h8H,3-5H2,1-2H3. The van der Waals surface area contributed by atoms with Gasteiger partial charge < -0.3 is 14.6 Å². The van der Waals surface area contributed by atoms with Crippen LogP contribution in [0.15, 0.2) is 4.52 Å². The highest BCUT2D eigenvalue weighted by atomic mass is 16.5. The number of aryl methyl sites for hydroxylation is 1. The fraction of sp³-hybridized carbons (Fsp3) is 0.714. The molecule has 0 aliphatic rings. The van der Waals surface area contributed by atoms with Crippen molar-refractivity contribution in [2.45, 2.75) is 13.5 Å². The van der Waals surface area contributed by atoms with Gasteiger partial charge in [0.15, 0.2) is 5.82 Å². The first-order chi connectivity index (χ1) is 5.83. The third kappa shape index (κ3) is 2.98. The highest BCUT2D eigenvalue weighted by molar-refractivity contribution is 4.81. The summed E-state index contributed by atoms with van der Waals surface area (Å²) in [5, 5.41) is 6.75. The van der Waals surface area contributed by atoms with Crippen molar-refractivity contribution in [1.29, 1.82) is 0 Å². The van der Waals surface area contributed by atoms with Crippen LogP contribution in [0.5, 0.6) is 0 Å². The summed E-state index contributed by atoms with van der Waals surface area (Å²) in [5.41, 5.74) is 0. The third-order valence-electron chi connectivity index (χ3n) is 1.33. The van der Waals surface area contributed by atoms with Crippen molar-refractivity contribution in [1.82, 2.24) is 15.5 Å². The predicted molar refractivity (Wildman–Crippen MR) is 42.6 cm³/mol. The Labute approximate surface area is 71.1 Å². The minimum absolute atomic E-state index is 0.601. The average molecular weight is 171 g/mol. The van der Waals surface area contributed by atoms with Crippen molar-refractivity contribution in [3.8, 4) is 0 Å². The van der Waals surface area contributed by atoms with Crippen LogP contribution in [0.2, 0.25) is 0 Å². The lowest BCUT2D eigenvalue weighted by molar-refractivity contribution is 0.197. The van der Waals surface area contributed by atoms with Crippen molar-refractivity contribution in [3.05, 3.63) is 11.7 Å². The summed E-state index contributed by atoms with van der Waals surface area (Å²) < 4.78 is 9.74. The topological polar surface area (TPSA) is 60.2 Å². The highest BCUT2D eigenvalue weighted by Gasteiger charge is 1.99. The minimum Gasteiger partial charge on any atom is -0.383 e. The van der Waals surface area contributed by atoms with Crippen LogP contribution in [0.1, 0.15) is 11.7 Å². The Morgan fingerprint density at radius 3 is 3.00 bits per heavy atom. The molecule has 12 heavy (non-hydrogen) atoms. The maximum absolute atomic E-state index is 4.88. The monoisotopic (exact) mass is 171 g/mol. The zero-order valence-corrected chi connectivity index (χ0v) is 7.33. The molecule has 0 atom stereocenters. The van der Waals surface area contributed by atoms with E-state index in [9.17, 15) is 0 Å². The number of hydrogen-bond acceptors (Lipinski definition) is 5. The van der Waals surface area contributed by atoms with E-state index in [-0.39, 0.29) is 0 Å². The molecule has 0 fully saturated rings. The van der Waals surface area contributed by atoms with Gasteiger partial charge in [0, 0.05) is 13.7 Å². The van der Waals surface area contributed by atoms with Gasteiger partial charge in [-0.3, -0.25) is 0 Å². The molecule has 0 aliphatic carbocycles. The molecule has 0 aromatic carbocycles. The van der Waals surface area contributed by atoms with Gasteiger partial charge in [-0.05, 0) is 6.92 Å². The molecule has 68 valence electrons. The summed E-state index contributed by atoms with van der Waals surface area (Å²) in [4.78, 5) is 4.03. The van der Waals surface area contributed by atoms with E-state index in [1.165, 1.54) is 0 Å². The lowest BCUT2D eigenvalue weighted by Gasteiger charge is -1.98. The molecular formula is C7H13N3O2. The van der Waals surface area contributed by atoms with Gasteiger partial charge >= 0.3 is 0 Å². The van der Waals surface area contributed by atoms with Crippen LogP contribution in [0.4, 0.5) is 0 Å². The van der Waals surface area contributed by atoms with Gasteiger partial charge in [-0.25, -0.2) is 0 Å². The van der Waals surface area contributed by atoms with E-state index in [2.05, 4.69) is 15.5 Å². The van der Waals surface area contributed by atoms with Gasteiger partial charge in [-0.2, -0.15) is 4.98 Å². The van der Waals surface area contributed by atoms with E-state index in [4.69, 9.17) is 9.26 Å². The van der Waals surface area contributed by atoms with Crippen molar-refractivity contribution < 1.29 is 9.26 Å². The van der Waals surface area contributed by atoms with Gasteiger partial charge in [-0.15, -0.1) is 0 Å². The molecule has 0 saturated heterocycles. The van der Waals surface area contributed by atoms with E-state index in [1.54, 1.807) is 14.0 Å². The minimum atomic E-state index is 0.601. The Kier molecular flexibility index (Phi) is 3.69. The number of methoxy groups -OCH3 is 1. The van der Waals surface area contributed by atoms with Gasteiger partial charge in [-0.1, -0.05) is 5.16 Å². The normalized spacial score (nSPS) is 10.5. The first-order valence-corrected chi connectivity index (χ1v) is 3.82. The second kappa shape index (κ2) is 4.84. The number of rotatable bonds is 5. The zero-order valence-electron chi connectivity index (χ0n) is 7.33. The predicted octanol–water partition coefficient (Wildman–Crippen LogP) is 0.114. The van der Waals surface area contributed by atoms with Crippen LogP contribution in [-0.4, -0.2) is 30.4 Å². The lowest BCUT2D eigenvalue weighted by Crippen LogP contribution is -2.18. The summed E-state index contributed by atoms with van der Waals surface area (Å²) in [6.45, 7) is 3.87. The van der Waals surface area contributed by atoms with Crippen LogP contribution in [0.25, 0.3) is 0 Å². The SMILES string of the molecule is COCCNCc1nc(C)no1. The Balaban J connectivity index is 2.15. The fourth-order valence-electron chi connectivity index (χ4n) is 0.781. The molecule has 0 bridgehead atoms.